The van der Waals surface area contributed by atoms with Gasteiger partial charge in [-0.15, -0.1) is 0 Å². The third-order valence-corrected chi connectivity index (χ3v) is 2.84. The van der Waals surface area contributed by atoms with Crippen molar-refractivity contribution >= 4 is 35.8 Å². The van der Waals surface area contributed by atoms with E-state index >= 15 is 0 Å². The molecular formula is C12H14O13. The van der Waals surface area contributed by atoms with Crippen LogP contribution in [0.3, 0.4) is 0 Å². The van der Waals surface area contributed by atoms with Crippen LogP contribution in [0.2, 0.25) is 0 Å². The first-order valence-electron chi connectivity index (χ1n) is 6.35. The second kappa shape index (κ2) is 8.70. The van der Waals surface area contributed by atoms with Crippen molar-refractivity contribution in [2.24, 2.45) is 5.92 Å². The smallest absolute Gasteiger partial charge is 0.336 e. The Balaban J connectivity index is 4.96. The predicted molar refractivity (Wildman–Crippen MR) is 69.9 cm³/mol. The topological polar surface area (TPSA) is 233 Å². The highest BCUT2D eigenvalue weighted by atomic mass is 16.6. The zero-order valence-corrected chi connectivity index (χ0v) is 12.3. The average molecular weight is 366 g/mol. The van der Waals surface area contributed by atoms with Crippen LogP contribution in [0.25, 0.3) is 0 Å². The van der Waals surface area contributed by atoms with Gasteiger partial charge in [0.2, 0.25) is 0 Å². The molecule has 0 saturated heterocycles. The molecule has 0 aromatic heterocycles. The lowest BCUT2D eigenvalue weighted by Gasteiger charge is -2.20. The van der Waals surface area contributed by atoms with Gasteiger partial charge in [0.25, 0.3) is 0 Å². The SMILES string of the molecule is O=C(O)CC(O)(CC(=O)OC(=O)CC(C(=O)O)C(O)C(=O)O)C(=O)O. The number of aliphatic hydroxyl groups excluding tert-OH is 1. The molecule has 0 saturated carbocycles. The van der Waals surface area contributed by atoms with Crippen LogP contribution in [0.5, 0.6) is 0 Å². The molecule has 0 aromatic carbocycles. The van der Waals surface area contributed by atoms with Crippen molar-refractivity contribution in [3.05, 3.63) is 0 Å². The van der Waals surface area contributed by atoms with E-state index < -0.39 is 72.7 Å². The van der Waals surface area contributed by atoms with Gasteiger partial charge in [-0.2, -0.15) is 0 Å². The molecule has 0 amide bonds. The first-order chi connectivity index (χ1) is 11.3. The predicted octanol–water partition coefficient (Wildman–Crippen LogP) is -2.73. The number of ether oxygens (including phenoxy) is 1. The maximum absolute atomic E-state index is 11.4. The monoisotopic (exact) mass is 366 g/mol. The molecule has 0 aliphatic heterocycles. The Morgan fingerprint density at radius 3 is 1.72 bits per heavy atom. The maximum Gasteiger partial charge on any atom is 0.336 e. The number of esters is 2. The largest absolute Gasteiger partial charge is 0.481 e. The van der Waals surface area contributed by atoms with E-state index in [1.54, 1.807) is 0 Å². The van der Waals surface area contributed by atoms with Crippen LogP contribution < -0.4 is 0 Å². The summed E-state index contributed by atoms with van der Waals surface area (Å²) >= 11 is 0. The molecule has 13 heteroatoms. The molecule has 3 unspecified atom stereocenters. The van der Waals surface area contributed by atoms with Crippen molar-refractivity contribution in [1.29, 1.82) is 0 Å². The van der Waals surface area contributed by atoms with Crippen LogP contribution in [0.1, 0.15) is 19.3 Å². The summed E-state index contributed by atoms with van der Waals surface area (Å²) in [5.74, 6) is -13.1. The molecule has 0 spiro atoms. The summed E-state index contributed by atoms with van der Waals surface area (Å²) < 4.78 is 4.03. The van der Waals surface area contributed by atoms with E-state index in [0.717, 1.165) is 0 Å². The number of aliphatic carboxylic acids is 4. The zero-order valence-electron chi connectivity index (χ0n) is 12.3. The lowest BCUT2D eigenvalue weighted by atomic mass is 9.96. The first kappa shape index (κ1) is 21.9. The summed E-state index contributed by atoms with van der Waals surface area (Å²) in [4.78, 5) is 65.5. The number of carboxylic acid groups (broad SMARTS) is 4. The Morgan fingerprint density at radius 2 is 1.36 bits per heavy atom. The highest BCUT2D eigenvalue weighted by Gasteiger charge is 2.42. The Labute approximate surface area is 138 Å². The number of carbonyl (C=O) groups excluding carboxylic acids is 2. The van der Waals surface area contributed by atoms with E-state index in [4.69, 9.17) is 25.5 Å². The first-order valence-corrected chi connectivity index (χ1v) is 6.35. The highest BCUT2D eigenvalue weighted by Crippen LogP contribution is 2.18. The third kappa shape index (κ3) is 6.92. The minimum absolute atomic E-state index is 1.25. The van der Waals surface area contributed by atoms with Crippen molar-refractivity contribution < 1.29 is 64.1 Å². The molecule has 3 atom stereocenters. The zero-order chi connectivity index (χ0) is 19.9. The average Bonchev–Trinajstić information content (AvgIpc) is 2.41. The summed E-state index contributed by atoms with van der Waals surface area (Å²) in [6, 6.07) is 0. The number of rotatable bonds is 10. The van der Waals surface area contributed by atoms with Crippen molar-refractivity contribution in [2.75, 3.05) is 0 Å². The van der Waals surface area contributed by atoms with Crippen LogP contribution >= 0.6 is 0 Å². The van der Waals surface area contributed by atoms with Crippen LogP contribution in [0, 0.1) is 5.92 Å². The lowest BCUT2D eigenvalue weighted by Crippen LogP contribution is -2.43. The molecule has 0 radical (unpaired) electrons. The molecule has 0 heterocycles. The minimum Gasteiger partial charge on any atom is -0.481 e. The van der Waals surface area contributed by atoms with Gasteiger partial charge in [0.05, 0.1) is 19.3 Å². The molecule has 25 heavy (non-hydrogen) atoms. The fourth-order valence-electron chi connectivity index (χ4n) is 1.59. The Kier molecular flexibility index (Phi) is 7.63. The van der Waals surface area contributed by atoms with Gasteiger partial charge in [-0.1, -0.05) is 0 Å². The van der Waals surface area contributed by atoms with E-state index in [-0.39, 0.29) is 0 Å². The van der Waals surface area contributed by atoms with Gasteiger partial charge in [-0.05, 0) is 0 Å². The minimum atomic E-state index is -3.07. The van der Waals surface area contributed by atoms with Crippen LogP contribution in [-0.2, 0) is 33.5 Å². The van der Waals surface area contributed by atoms with Gasteiger partial charge >= 0.3 is 35.8 Å². The number of carbonyl (C=O) groups is 6. The van der Waals surface area contributed by atoms with Gasteiger partial charge in [0.1, 0.15) is 5.92 Å². The molecule has 0 fully saturated rings. The van der Waals surface area contributed by atoms with Crippen LogP contribution in [0.15, 0.2) is 0 Å². The number of hydrogen-bond donors (Lipinski definition) is 6. The van der Waals surface area contributed by atoms with E-state index in [2.05, 4.69) is 4.74 Å². The number of hydrogen-bond acceptors (Lipinski definition) is 9. The summed E-state index contributed by atoms with van der Waals surface area (Å²) in [7, 11) is 0. The van der Waals surface area contributed by atoms with Crippen molar-refractivity contribution in [3.8, 4) is 0 Å². The second-order valence-corrected chi connectivity index (χ2v) is 4.86. The van der Waals surface area contributed by atoms with Gasteiger partial charge in [0.15, 0.2) is 11.7 Å². The summed E-state index contributed by atoms with van der Waals surface area (Å²) in [6.07, 6.45) is -6.57. The van der Waals surface area contributed by atoms with Gasteiger partial charge in [-0.3, -0.25) is 19.2 Å². The summed E-state index contributed by atoms with van der Waals surface area (Å²) in [6.45, 7) is 0. The molecular weight excluding hydrogens is 352 g/mol. The lowest BCUT2D eigenvalue weighted by molar-refractivity contribution is -0.176. The molecule has 0 aliphatic rings. The number of carboxylic acids is 4. The quantitative estimate of drug-likeness (QED) is 0.170. The molecule has 6 N–H and O–H groups in total. The van der Waals surface area contributed by atoms with E-state index in [0.29, 0.717) is 0 Å². The molecule has 0 rings (SSSR count). The Hall–Kier alpha value is -3.06. The normalized spacial score (nSPS) is 15.3. The standard InChI is InChI=1S/C12H14O13/c13-5(14)2-12(24,11(22)23)3-7(16)25-6(15)1-4(9(18)19)8(17)10(20)21/h4,8,17,24H,1-3H2,(H,13,14)(H,18,19)(H,20,21)(H,22,23). The van der Waals surface area contributed by atoms with Crippen molar-refractivity contribution in [2.45, 2.75) is 31.0 Å². The third-order valence-electron chi connectivity index (χ3n) is 2.84. The Morgan fingerprint density at radius 1 is 0.840 bits per heavy atom. The number of aliphatic hydroxyl groups is 2. The molecule has 13 nitrogen and oxygen atoms in total. The fraction of sp³-hybridized carbons (Fsp3) is 0.500. The van der Waals surface area contributed by atoms with Crippen molar-refractivity contribution in [3.63, 3.8) is 0 Å². The molecule has 0 bridgehead atoms. The fourth-order valence-corrected chi connectivity index (χ4v) is 1.59. The maximum atomic E-state index is 11.4. The van der Waals surface area contributed by atoms with E-state index in [1.165, 1.54) is 0 Å². The molecule has 0 aliphatic carbocycles. The van der Waals surface area contributed by atoms with Gasteiger partial charge in [0, 0.05) is 0 Å². The van der Waals surface area contributed by atoms with Gasteiger partial charge < -0.3 is 35.4 Å². The van der Waals surface area contributed by atoms with Crippen LogP contribution in [0.4, 0.5) is 0 Å². The van der Waals surface area contributed by atoms with E-state index in [9.17, 15) is 33.9 Å². The van der Waals surface area contributed by atoms with Gasteiger partial charge in [-0.25, -0.2) is 9.59 Å². The molecule has 140 valence electrons. The molecule has 0 aromatic rings. The van der Waals surface area contributed by atoms with E-state index in [1.807, 2.05) is 0 Å². The second-order valence-electron chi connectivity index (χ2n) is 4.86. The van der Waals surface area contributed by atoms with Crippen molar-refractivity contribution in [1.82, 2.24) is 0 Å². The Bertz CT molecular complexity index is 594. The van der Waals surface area contributed by atoms with Crippen LogP contribution in [-0.4, -0.2) is 78.2 Å². The summed E-state index contributed by atoms with van der Waals surface area (Å²) in [5.41, 5.74) is -3.07. The highest BCUT2D eigenvalue weighted by molar-refractivity contribution is 5.93. The summed E-state index contributed by atoms with van der Waals surface area (Å²) in [5, 5.41) is 53.2.